The lowest BCUT2D eigenvalue weighted by atomic mass is 10.2. The molecule has 0 unspecified atom stereocenters. The fourth-order valence-corrected chi connectivity index (χ4v) is 4.93. The number of amides is 1. The molecular weight excluding hydrogens is 501 g/mol. The Morgan fingerprint density at radius 3 is 2.29 bits per heavy atom. The van der Waals surface area contributed by atoms with Crippen molar-refractivity contribution in [2.45, 2.75) is 19.0 Å². The van der Waals surface area contributed by atoms with E-state index in [1.807, 2.05) is 13.8 Å². The van der Waals surface area contributed by atoms with E-state index < -0.39 is 5.56 Å². The monoisotopic (exact) mass is 525 g/mol. The normalized spacial score (nSPS) is 10.9. The Labute approximate surface area is 211 Å². The molecule has 34 heavy (non-hydrogen) atoms. The average molecular weight is 526 g/mol. The molecule has 2 aromatic carbocycles. The number of halogens is 2. The Morgan fingerprint density at radius 1 is 1.06 bits per heavy atom. The standard InChI is InChI=1S/C23H25Cl2N3O5S/c1-6-27(7-2)18(29)12-34-23-26-19-14(11-17(31-3)20(32-4)21(19)33-5)22(30)28(23)16-9-8-13(24)10-15(16)25/h8-11H,6-7,12H2,1-5H3. The molecule has 0 atom stereocenters. The van der Waals surface area contributed by atoms with Crippen molar-refractivity contribution in [3.05, 3.63) is 44.7 Å². The number of ether oxygens (including phenoxy) is 3. The maximum atomic E-state index is 13.8. The molecule has 0 aliphatic heterocycles. The van der Waals surface area contributed by atoms with Crippen molar-refractivity contribution in [1.82, 2.24) is 14.5 Å². The fraction of sp³-hybridized carbons (Fsp3) is 0.348. The number of thioether (sulfide) groups is 1. The number of hydrogen-bond acceptors (Lipinski definition) is 7. The van der Waals surface area contributed by atoms with E-state index >= 15 is 0 Å². The zero-order chi connectivity index (χ0) is 25.0. The Bertz CT molecular complexity index is 1280. The van der Waals surface area contributed by atoms with Crippen molar-refractivity contribution in [2.75, 3.05) is 40.2 Å². The van der Waals surface area contributed by atoms with Gasteiger partial charge in [0.15, 0.2) is 16.7 Å². The van der Waals surface area contributed by atoms with Crippen molar-refractivity contribution in [2.24, 2.45) is 0 Å². The number of carbonyl (C=O) groups is 1. The maximum absolute atomic E-state index is 13.8. The van der Waals surface area contributed by atoms with Crippen LogP contribution in [0.25, 0.3) is 16.6 Å². The molecule has 0 bridgehead atoms. The first kappa shape index (κ1) is 26.0. The van der Waals surface area contributed by atoms with E-state index in [9.17, 15) is 9.59 Å². The number of hydrogen-bond donors (Lipinski definition) is 0. The SMILES string of the molecule is CCN(CC)C(=O)CSc1nc2c(OC)c(OC)c(OC)cc2c(=O)n1-c1ccc(Cl)cc1Cl. The van der Waals surface area contributed by atoms with Crippen LogP contribution >= 0.6 is 35.0 Å². The summed E-state index contributed by atoms with van der Waals surface area (Å²) in [6.07, 6.45) is 0. The number of carbonyl (C=O) groups excluding carboxylic acids is 1. The molecule has 0 aliphatic carbocycles. The molecule has 0 aliphatic rings. The largest absolute Gasteiger partial charge is 0.493 e. The molecule has 8 nitrogen and oxygen atoms in total. The van der Waals surface area contributed by atoms with E-state index in [0.29, 0.717) is 35.3 Å². The lowest BCUT2D eigenvalue weighted by Crippen LogP contribution is -2.32. The average Bonchev–Trinajstić information content (AvgIpc) is 2.83. The van der Waals surface area contributed by atoms with Crippen LogP contribution in [0.2, 0.25) is 10.0 Å². The lowest BCUT2D eigenvalue weighted by Gasteiger charge is -2.20. The molecule has 0 saturated heterocycles. The zero-order valence-electron chi connectivity index (χ0n) is 19.5. The first-order valence-electron chi connectivity index (χ1n) is 10.4. The number of aromatic nitrogens is 2. The third-order valence-electron chi connectivity index (χ3n) is 5.23. The van der Waals surface area contributed by atoms with Gasteiger partial charge in [0.05, 0.1) is 43.2 Å². The number of fused-ring (bicyclic) bond motifs is 1. The molecule has 11 heteroatoms. The molecule has 1 heterocycles. The minimum absolute atomic E-state index is 0.0719. The Balaban J connectivity index is 2.32. The molecule has 0 saturated carbocycles. The van der Waals surface area contributed by atoms with Gasteiger partial charge in [-0.15, -0.1) is 0 Å². The van der Waals surface area contributed by atoms with Crippen LogP contribution < -0.4 is 19.8 Å². The van der Waals surface area contributed by atoms with Crippen molar-refractivity contribution < 1.29 is 19.0 Å². The maximum Gasteiger partial charge on any atom is 0.266 e. The van der Waals surface area contributed by atoms with Gasteiger partial charge < -0.3 is 19.1 Å². The summed E-state index contributed by atoms with van der Waals surface area (Å²) in [5.41, 5.74) is 0.257. The molecule has 0 spiro atoms. The van der Waals surface area contributed by atoms with Gasteiger partial charge in [-0.2, -0.15) is 0 Å². The smallest absolute Gasteiger partial charge is 0.266 e. The van der Waals surface area contributed by atoms with Gasteiger partial charge in [0.2, 0.25) is 11.7 Å². The minimum Gasteiger partial charge on any atom is -0.493 e. The summed E-state index contributed by atoms with van der Waals surface area (Å²) in [5.74, 6) is 0.886. The van der Waals surface area contributed by atoms with Crippen LogP contribution in [-0.2, 0) is 4.79 Å². The zero-order valence-corrected chi connectivity index (χ0v) is 21.8. The molecule has 0 fully saturated rings. The molecule has 182 valence electrons. The number of rotatable bonds is 9. The van der Waals surface area contributed by atoms with E-state index in [0.717, 1.165) is 11.8 Å². The highest BCUT2D eigenvalue weighted by Crippen LogP contribution is 2.42. The number of nitrogens with zero attached hydrogens (tertiary/aromatic N) is 3. The molecule has 3 aromatic rings. The van der Waals surface area contributed by atoms with E-state index in [4.69, 9.17) is 42.4 Å². The summed E-state index contributed by atoms with van der Waals surface area (Å²) >= 11 is 13.7. The third-order valence-corrected chi connectivity index (χ3v) is 6.69. The highest BCUT2D eigenvalue weighted by atomic mass is 35.5. The lowest BCUT2D eigenvalue weighted by molar-refractivity contribution is -0.127. The molecule has 3 rings (SSSR count). The van der Waals surface area contributed by atoms with Crippen LogP contribution in [0.5, 0.6) is 17.2 Å². The van der Waals surface area contributed by atoms with E-state index in [-0.39, 0.29) is 38.5 Å². The second-order valence-corrected chi connectivity index (χ2v) is 8.81. The van der Waals surface area contributed by atoms with E-state index in [1.165, 1.54) is 25.9 Å². The first-order valence-corrected chi connectivity index (χ1v) is 12.2. The summed E-state index contributed by atoms with van der Waals surface area (Å²) in [6.45, 7) is 4.99. The fourth-order valence-electron chi connectivity index (χ4n) is 3.53. The predicted molar refractivity (Wildman–Crippen MR) is 136 cm³/mol. The number of benzene rings is 2. The van der Waals surface area contributed by atoms with Gasteiger partial charge in [-0.3, -0.25) is 14.2 Å². The van der Waals surface area contributed by atoms with Gasteiger partial charge in [0.25, 0.3) is 5.56 Å². The first-order chi connectivity index (χ1) is 16.3. The highest BCUT2D eigenvalue weighted by molar-refractivity contribution is 7.99. The third kappa shape index (κ3) is 4.92. The van der Waals surface area contributed by atoms with E-state index in [1.54, 1.807) is 29.2 Å². The topological polar surface area (TPSA) is 82.9 Å². The van der Waals surface area contributed by atoms with Crippen LogP contribution in [0.1, 0.15) is 13.8 Å². The predicted octanol–water partition coefficient (Wildman–Crippen LogP) is 4.68. The van der Waals surface area contributed by atoms with Crippen molar-refractivity contribution in [3.63, 3.8) is 0 Å². The van der Waals surface area contributed by atoms with Gasteiger partial charge in [-0.1, -0.05) is 35.0 Å². The van der Waals surface area contributed by atoms with Crippen molar-refractivity contribution in [3.8, 4) is 22.9 Å². The summed E-state index contributed by atoms with van der Waals surface area (Å²) < 4.78 is 17.8. The van der Waals surface area contributed by atoms with Gasteiger partial charge in [0.1, 0.15) is 5.52 Å². The van der Waals surface area contributed by atoms with Gasteiger partial charge in [-0.25, -0.2) is 4.98 Å². The minimum atomic E-state index is -0.411. The summed E-state index contributed by atoms with van der Waals surface area (Å²) in [6, 6.07) is 6.35. The second kappa shape index (κ2) is 11.2. The second-order valence-electron chi connectivity index (χ2n) is 7.03. The van der Waals surface area contributed by atoms with Gasteiger partial charge >= 0.3 is 0 Å². The summed E-state index contributed by atoms with van der Waals surface area (Å²) in [4.78, 5) is 32.9. The molecule has 1 amide bonds. The highest BCUT2D eigenvalue weighted by Gasteiger charge is 2.24. The Morgan fingerprint density at radius 2 is 1.74 bits per heavy atom. The van der Waals surface area contributed by atoms with Crippen LogP contribution in [0.3, 0.4) is 0 Å². The van der Waals surface area contributed by atoms with Crippen molar-refractivity contribution in [1.29, 1.82) is 0 Å². The quantitative estimate of drug-likeness (QED) is 0.296. The van der Waals surface area contributed by atoms with Gasteiger partial charge in [-0.05, 0) is 38.1 Å². The Kier molecular flexibility index (Phi) is 8.57. The van der Waals surface area contributed by atoms with Crippen LogP contribution in [0.15, 0.2) is 34.2 Å². The molecular formula is C23H25Cl2N3O5S. The number of methoxy groups -OCH3 is 3. The molecule has 0 radical (unpaired) electrons. The van der Waals surface area contributed by atoms with Crippen molar-refractivity contribution >= 4 is 51.8 Å². The molecule has 1 aromatic heterocycles. The molecule has 0 N–H and O–H groups in total. The Hall–Kier alpha value is -2.62. The van der Waals surface area contributed by atoms with E-state index in [2.05, 4.69) is 0 Å². The van der Waals surface area contributed by atoms with Gasteiger partial charge in [0, 0.05) is 18.1 Å². The van der Waals surface area contributed by atoms with Crippen LogP contribution in [0.4, 0.5) is 0 Å². The summed E-state index contributed by atoms with van der Waals surface area (Å²) in [5, 5.41) is 1.20. The van der Waals surface area contributed by atoms with Crippen LogP contribution in [0, 0.1) is 0 Å². The summed E-state index contributed by atoms with van der Waals surface area (Å²) in [7, 11) is 4.39. The van der Waals surface area contributed by atoms with Crippen LogP contribution in [-0.4, -0.2) is 60.5 Å².